The zero-order valence-electron chi connectivity index (χ0n) is 12.1. The number of nitrogens with one attached hydrogen (secondary N) is 1. The predicted octanol–water partition coefficient (Wildman–Crippen LogP) is 0.937. The molecule has 0 aromatic heterocycles. The Hall–Kier alpha value is -2.34. The molecular formula is C16H14ClN2O4-. The molecule has 2 unspecified atom stereocenters. The highest BCUT2D eigenvalue weighted by molar-refractivity contribution is 6.30. The fraction of sp³-hybridized carbons (Fsp3) is 0.312. The van der Waals surface area contributed by atoms with Gasteiger partial charge in [0.2, 0.25) is 11.8 Å². The van der Waals surface area contributed by atoms with Gasteiger partial charge in [-0.1, -0.05) is 35.9 Å². The van der Waals surface area contributed by atoms with Crippen molar-refractivity contribution in [2.24, 2.45) is 11.8 Å². The van der Waals surface area contributed by atoms with Crippen molar-refractivity contribution in [3.63, 3.8) is 0 Å². The van der Waals surface area contributed by atoms with E-state index >= 15 is 0 Å². The number of benzene rings is 1. The number of amides is 2. The van der Waals surface area contributed by atoms with Crippen LogP contribution in [0.1, 0.15) is 23.2 Å². The van der Waals surface area contributed by atoms with E-state index in [1.54, 1.807) is 24.3 Å². The average Bonchev–Trinajstić information content (AvgIpc) is 2.76. The van der Waals surface area contributed by atoms with Crippen LogP contribution < -0.4 is 10.4 Å². The van der Waals surface area contributed by atoms with Crippen molar-refractivity contribution in [2.75, 3.05) is 12.0 Å². The number of halogens is 1. The molecule has 0 bridgehead atoms. The van der Waals surface area contributed by atoms with E-state index in [1.165, 1.54) is 6.07 Å². The molecule has 2 amide bonds. The first-order valence-electron chi connectivity index (χ1n) is 7.23. The molecule has 1 saturated heterocycles. The summed E-state index contributed by atoms with van der Waals surface area (Å²) in [5, 5.41) is 14.5. The van der Waals surface area contributed by atoms with Crippen LogP contribution in [0.5, 0.6) is 0 Å². The van der Waals surface area contributed by atoms with Gasteiger partial charge in [-0.15, -0.1) is 0 Å². The van der Waals surface area contributed by atoms with Gasteiger partial charge in [0.25, 0.3) is 0 Å². The highest BCUT2D eigenvalue weighted by Crippen LogP contribution is 2.38. The summed E-state index contributed by atoms with van der Waals surface area (Å²) in [5.74, 6) is -2.64. The lowest BCUT2D eigenvalue weighted by atomic mass is 9.85. The number of fused-ring (bicyclic) bond motifs is 1. The van der Waals surface area contributed by atoms with Crippen LogP contribution in [0.25, 0.3) is 0 Å². The molecule has 120 valence electrons. The Balaban J connectivity index is 1.74. The highest BCUT2D eigenvalue weighted by atomic mass is 35.5. The number of carboxylic acids is 1. The van der Waals surface area contributed by atoms with Gasteiger partial charge in [-0.05, 0) is 18.9 Å². The summed E-state index contributed by atoms with van der Waals surface area (Å²) in [6, 6.07) is 6.19. The third-order valence-electron chi connectivity index (χ3n) is 4.23. The van der Waals surface area contributed by atoms with Crippen molar-refractivity contribution < 1.29 is 19.5 Å². The molecule has 23 heavy (non-hydrogen) atoms. The third kappa shape index (κ3) is 2.82. The molecule has 0 spiro atoms. The fourth-order valence-electron chi connectivity index (χ4n) is 3.03. The summed E-state index contributed by atoms with van der Waals surface area (Å²) in [7, 11) is 0. The van der Waals surface area contributed by atoms with Gasteiger partial charge in [-0.25, -0.2) is 0 Å². The van der Waals surface area contributed by atoms with Crippen LogP contribution in [-0.2, 0) is 9.59 Å². The maximum absolute atomic E-state index is 12.4. The molecule has 1 fully saturated rings. The lowest BCUT2D eigenvalue weighted by molar-refractivity contribution is -0.254. The molecule has 0 saturated carbocycles. The summed E-state index contributed by atoms with van der Waals surface area (Å²) in [4.78, 5) is 36.9. The number of allylic oxidation sites excluding steroid dienone is 2. The van der Waals surface area contributed by atoms with Crippen molar-refractivity contribution in [3.05, 3.63) is 40.9 Å². The van der Waals surface area contributed by atoms with Crippen LogP contribution in [0, 0.1) is 11.8 Å². The number of anilines is 1. The smallest absolute Gasteiger partial charge is 0.234 e. The summed E-state index contributed by atoms with van der Waals surface area (Å²) >= 11 is 5.96. The Morgan fingerprint density at radius 1 is 1.26 bits per heavy atom. The van der Waals surface area contributed by atoms with Gasteiger partial charge in [0, 0.05) is 16.3 Å². The quantitative estimate of drug-likeness (QED) is 0.828. The van der Waals surface area contributed by atoms with Crippen LogP contribution in [-0.4, -0.2) is 29.4 Å². The fourth-order valence-corrected chi connectivity index (χ4v) is 3.29. The average molecular weight is 334 g/mol. The van der Waals surface area contributed by atoms with E-state index in [2.05, 4.69) is 5.32 Å². The number of rotatable bonds is 4. The molecular weight excluding hydrogens is 320 g/mol. The molecule has 0 radical (unpaired) electrons. The molecule has 1 aliphatic heterocycles. The minimum atomic E-state index is -1.32. The maximum Gasteiger partial charge on any atom is 0.234 e. The first-order valence-corrected chi connectivity index (χ1v) is 7.61. The Kier molecular flexibility index (Phi) is 4.09. The second-order valence-electron chi connectivity index (χ2n) is 5.58. The molecule has 2 aliphatic rings. The molecule has 3 rings (SSSR count). The van der Waals surface area contributed by atoms with E-state index in [0.29, 0.717) is 23.6 Å². The maximum atomic E-state index is 12.4. The van der Waals surface area contributed by atoms with Gasteiger partial charge < -0.3 is 15.2 Å². The van der Waals surface area contributed by atoms with Crippen LogP contribution in [0.2, 0.25) is 0 Å². The topological polar surface area (TPSA) is 89.5 Å². The number of carbonyl (C=O) groups is 3. The number of hydrogen-bond acceptors (Lipinski definition) is 5. The number of carbonyl (C=O) groups excluding carboxylic acids is 3. The number of nitrogens with zero attached hydrogens (tertiary/aromatic N) is 1. The molecule has 1 N–H and O–H groups in total. The predicted molar refractivity (Wildman–Crippen MR) is 81.3 cm³/mol. The third-order valence-corrected chi connectivity index (χ3v) is 4.54. The van der Waals surface area contributed by atoms with Crippen LogP contribution in [0.3, 0.4) is 0 Å². The number of para-hydroxylation sites is 1. The number of likely N-dealkylation sites (tertiary alicyclic amines) is 1. The van der Waals surface area contributed by atoms with Gasteiger partial charge in [0.1, 0.15) is 0 Å². The van der Waals surface area contributed by atoms with Gasteiger partial charge >= 0.3 is 0 Å². The zero-order valence-corrected chi connectivity index (χ0v) is 12.9. The van der Waals surface area contributed by atoms with E-state index < -0.39 is 11.9 Å². The summed E-state index contributed by atoms with van der Waals surface area (Å²) in [5.41, 5.74) is 0.285. The van der Waals surface area contributed by atoms with Crippen LogP contribution in [0.4, 0.5) is 5.69 Å². The van der Waals surface area contributed by atoms with E-state index in [1.807, 2.05) is 0 Å². The van der Waals surface area contributed by atoms with Gasteiger partial charge in [-0.2, -0.15) is 0 Å². The zero-order chi connectivity index (χ0) is 16.6. The highest BCUT2D eigenvalue weighted by Gasteiger charge is 2.48. The second-order valence-corrected chi connectivity index (χ2v) is 6.06. The number of carboxylic acid groups (broad SMARTS) is 1. The van der Waals surface area contributed by atoms with E-state index in [9.17, 15) is 19.5 Å². The summed E-state index contributed by atoms with van der Waals surface area (Å²) in [6.45, 7) is -0.0768. The van der Waals surface area contributed by atoms with Crippen molar-refractivity contribution in [1.82, 2.24) is 4.90 Å². The van der Waals surface area contributed by atoms with Crippen LogP contribution in [0.15, 0.2) is 35.4 Å². The van der Waals surface area contributed by atoms with Crippen molar-refractivity contribution in [2.45, 2.75) is 12.8 Å². The molecule has 1 heterocycles. The van der Waals surface area contributed by atoms with Gasteiger partial charge in [-0.3, -0.25) is 14.5 Å². The number of aromatic carboxylic acids is 1. The normalized spacial score (nSPS) is 23.5. The monoisotopic (exact) mass is 333 g/mol. The van der Waals surface area contributed by atoms with Gasteiger partial charge in [0.05, 0.1) is 24.5 Å². The van der Waals surface area contributed by atoms with Crippen LogP contribution >= 0.6 is 11.6 Å². The standard InChI is InChI=1S/C16H15ClN2O4/c17-9-5-6-10-12(7-9)15(21)19(14(10)20)8-18-13-4-2-1-3-11(13)16(22)23/h1-5,10,12,18H,6-8H2,(H,22,23)/p-1. The van der Waals surface area contributed by atoms with Crippen molar-refractivity contribution in [1.29, 1.82) is 0 Å². The van der Waals surface area contributed by atoms with E-state index in [-0.39, 0.29) is 30.0 Å². The number of hydrogen-bond donors (Lipinski definition) is 1. The lowest BCUT2D eigenvalue weighted by Gasteiger charge is -2.18. The molecule has 1 aliphatic carbocycles. The van der Waals surface area contributed by atoms with E-state index in [4.69, 9.17) is 11.6 Å². The Bertz CT molecular complexity index is 716. The SMILES string of the molecule is O=C([O-])c1ccccc1NCN1C(=O)C2CC=C(Cl)CC2C1=O. The molecule has 7 heteroatoms. The largest absolute Gasteiger partial charge is 0.545 e. The second kappa shape index (κ2) is 6.04. The Morgan fingerprint density at radius 3 is 2.70 bits per heavy atom. The molecule has 6 nitrogen and oxygen atoms in total. The first kappa shape index (κ1) is 15.6. The van der Waals surface area contributed by atoms with E-state index in [0.717, 1.165) is 4.90 Å². The molecule has 1 aromatic carbocycles. The summed E-state index contributed by atoms with van der Waals surface area (Å²) < 4.78 is 0. The number of imide groups is 1. The summed E-state index contributed by atoms with van der Waals surface area (Å²) in [6.07, 6.45) is 2.61. The van der Waals surface area contributed by atoms with Crippen molar-refractivity contribution >= 4 is 35.1 Å². The minimum Gasteiger partial charge on any atom is -0.545 e. The van der Waals surface area contributed by atoms with Crippen molar-refractivity contribution in [3.8, 4) is 0 Å². The van der Waals surface area contributed by atoms with Gasteiger partial charge in [0.15, 0.2) is 0 Å². The molecule has 2 atom stereocenters. The Labute approximate surface area is 137 Å². The lowest BCUT2D eigenvalue weighted by Crippen LogP contribution is -2.36. The first-order chi connectivity index (χ1) is 11.0. The minimum absolute atomic E-state index is 0.0197. The Morgan fingerprint density at radius 2 is 1.96 bits per heavy atom. The molecule has 1 aromatic rings.